The summed E-state index contributed by atoms with van der Waals surface area (Å²) in [6.07, 6.45) is 8.48. The number of amidine groups is 1. The molecular formula is C16H15N3S. The number of hydrogen-bond acceptors (Lipinski definition) is 3. The summed E-state index contributed by atoms with van der Waals surface area (Å²) in [6.45, 7) is 1.03. The Bertz CT molecular complexity index is 767. The van der Waals surface area contributed by atoms with Gasteiger partial charge in [-0.3, -0.25) is 0 Å². The van der Waals surface area contributed by atoms with E-state index in [-0.39, 0.29) is 0 Å². The van der Waals surface area contributed by atoms with Crippen LogP contribution in [0.5, 0.6) is 0 Å². The molecule has 100 valence electrons. The molecule has 4 heteroatoms. The van der Waals surface area contributed by atoms with E-state index in [1.807, 2.05) is 0 Å². The van der Waals surface area contributed by atoms with Gasteiger partial charge in [0.1, 0.15) is 5.84 Å². The molecule has 0 radical (unpaired) electrons. The number of nitrogens with zero attached hydrogens (tertiary/aromatic N) is 3. The number of rotatable bonds is 1. The van der Waals surface area contributed by atoms with Crippen LogP contribution in [0.1, 0.15) is 5.56 Å². The summed E-state index contributed by atoms with van der Waals surface area (Å²) in [5, 5.41) is 1.27. The summed E-state index contributed by atoms with van der Waals surface area (Å²) < 4.78 is 6.78. The first-order chi connectivity index (χ1) is 9.83. The Morgan fingerprint density at radius 1 is 1.25 bits per heavy atom. The molecule has 0 bridgehead atoms. The molecule has 0 unspecified atom stereocenters. The highest BCUT2D eigenvalue weighted by atomic mass is 32.2. The molecule has 2 aliphatic rings. The highest BCUT2D eigenvalue weighted by Crippen LogP contribution is 2.29. The minimum absolute atomic E-state index is 1.03. The molecule has 0 spiro atoms. The highest BCUT2D eigenvalue weighted by molar-refractivity contribution is 7.98. The standard InChI is InChI=1S/C16H15N3S/c1-18-8-6-13-11-12(4-5-15(13)18)14-3-2-7-19-9-10-20-17-16(14)19/h2-8,11H,9-10H2,1H3. The van der Waals surface area contributed by atoms with Crippen molar-refractivity contribution in [1.29, 1.82) is 0 Å². The zero-order valence-corrected chi connectivity index (χ0v) is 12.1. The van der Waals surface area contributed by atoms with Crippen LogP contribution in [0.3, 0.4) is 0 Å². The van der Waals surface area contributed by atoms with E-state index in [0.29, 0.717) is 0 Å². The molecule has 4 rings (SSSR count). The van der Waals surface area contributed by atoms with E-state index in [4.69, 9.17) is 0 Å². The molecular weight excluding hydrogens is 266 g/mol. The second-order valence-corrected chi connectivity index (χ2v) is 5.91. The molecule has 3 nitrogen and oxygen atoms in total. The first-order valence-corrected chi connectivity index (χ1v) is 7.68. The summed E-state index contributed by atoms with van der Waals surface area (Å²) in [6, 6.07) is 8.78. The number of benzene rings is 1. The molecule has 1 aromatic heterocycles. The molecule has 0 fully saturated rings. The average Bonchev–Trinajstić information content (AvgIpc) is 2.87. The second-order valence-electron chi connectivity index (χ2n) is 5.06. The molecule has 1 aromatic carbocycles. The largest absolute Gasteiger partial charge is 0.351 e. The number of aromatic nitrogens is 1. The molecule has 20 heavy (non-hydrogen) atoms. The molecule has 0 atom stereocenters. The monoisotopic (exact) mass is 281 g/mol. The second kappa shape index (κ2) is 4.56. The van der Waals surface area contributed by atoms with Crippen molar-refractivity contribution in [1.82, 2.24) is 9.47 Å². The Labute approximate surface area is 122 Å². The third-order valence-corrected chi connectivity index (χ3v) is 4.48. The number of aryl methyl sites for hydroxylation is 1. The van der Waals surface area contributed by atoms with Crippen LogP contribution in [0.2, 0.25) is 0 Å². The maximum absolute atomic E-state index is 4.63. The quantitative estimate of drug-likeness (QED) is 0.746. The fourth-order valence-corrected chi connectivity index (χ4v) is 3.44. The molecule has 2 aromatic rings. The normalized spacial score (nSPS) is 17.9. The van der Waals surface area contributed by atoms with Crippen molar-refractivity contribution in [3.05, 3.63) is 54.4 Å². The summed E-state index contributed by atoms with van der Waals surface area (Å²) in [5.74, 6) is 2.14. The predicted molar refractivity (Wildman–Crippen MR) is 86.6 cm³/mol. The van der Waals surface area contributed by atoms with Crippen molar-refractivity contribution in [3.8, 4) is 0 Å². The van der Waals surface area contributed by atoms with E-state index < -0.39 is 0 Å². The summed E-state index contributed by atoms with van der Waals surface area (Å²) in [7, 11) is 2.08. The fourth-order valence-electron chi connectivity index (χ4n) is 2.75. The lowest BCUT2D eigenvalue weighted by molar-refractivity contribution is 0.594. The van der Waals surface area contributed by atoms with Crippen LogP contribution in [-0.4, -0.2) is 27.6 Å². The minimum atomic E-state index is 1.03. The van der Waals surface area contributed by atoms with Gasteiger partial charge in [-0.15, -0.1) is 0 Å². The van der Waals surface area contributed by atoms with Crippen molar-refractivity contribution < 1.29 is 0 Å². The van der Waals surface area contributed by atoms with Crippen LogP contribution in [0, 0.1) is 0 Å². The van der Waals surface area contributed by atoms with E-state index in [2.05, 4.69) is 69.7 Å². The van der Waals surface area contributed by atoms with Crippen LogP contribution >= 0.6 is 11.9 Å². The van der Waals surface area contributed by atoms with Gasteiger partial charge in [0.05, 0.1) is 0 Å². The van der Waals surface area contributed by atoms with Gasteiger partial charge in [0, 0.05) is 48.2 Å². The molecule has 3 heterocycles. The van der Waals surface area contributed by atoms with Crippen LogP contribution in [0.15, 0.2) is 53.2 Å². The maximum atomic E-state index is 4.63. The first-order valence-electron chi connectivity index (χ1n) is 6.74. The summed E-state index contributed by atoms with van der Waals surface area (Å²) in [4.78, 5) is 2.24. The van der Waals surface area contributed by atoms with E-state index in [1.54, 1.807) is 11.9 Å². The molecule has 0 N–H and O–H groups in total. The van der Waals surface area contributed by atoms with Crippen molar-refractivity contribution >= 4 is 34.3 Å². The van der Waals surface area contributed by atoms with Gasteiger partial charge in [0.15, 0.2) is 0 Å². The van der Waals surface area contributed by atoms with E-state index in [0.717, 1.165) is 18.1 Å². The number of fused-ring (bicyclic) bond motifs is 2. The van der Waals surface area contributed by atoms with Crippen molar-refractivity contribution in [3.63, 3.8) is 0 Å². The van der Waals surface area contributed by atoms with E-state index in [1.165, 1.54) is 22.0 Å². The van der Waals surface area contributed by atoms with Gasteiger partial charge in [0.2, 0.25) is 0 Å². The van der Waals surface area contributed by atoms with Crippen LogP contribution in [0.4, 0.5) is 0 Å². The third-order valence-electron chi connectivity index (χ3n) is 3.81. The Morgan fingerprint density at radius 3 is 3.15 bits per heavy atom. The lowest BCUT2D eigenvalue weighted by Gasteiger charge is -2.29. The fraction of sp³-hybridized carbons (Fsp3) is 0.188. The zero-order valence-electron chi connectivity index (χ0n) is 11.3. The Balaban J connectivity index is 1.83. The van der Waals surface area contributed by atoms with Crippen LogP contribution < -0.4 is 0 Å². The van der Waals surface area contributed by atoms with E-state index in [9.17, 15) is 0 Å². The Hall–Kier alpha value is -1.94. The summed E-state index contributed by atoms with van der Waals surface area (Å²) in [5.41, 5.74) is 3.71. The minimum Gasteiger partial charge on any atom is -0.351 e. The van der Waals surface area contributed by atoms with Gasteiger partial charge in [-0.2, -0.15) is 4.40 Å². The Kier molecular flexibility index (Phi) is 2.70. The van der Waals surface area contributed by atoms with Gasteiger partial charge in [-0.25, -0.2) is 0 Å². The Morgan fingerprint density at radius 2 is 2.20 bits per heavy atom. The lowest BCUT2D eigenvalue weighted by Crippen LogP contribution is -2.32. The molecule has 0 saturated carbocycles. The molecule has 0 amide bonds. The first kappa shape index (κ1) is 11.9. The van der Waals surface area contributed by atoms with Crippen molar-refractivity contribution in [2.75, 3.05) is 12.3 Å². The van der Waals surface area contributed by atoms with Gasteiger partial charge >= 0.3 is 0 Å². The van der Waals surface area contributed by atoms with Crippen molar-refractivity contribution in [2.45, 2.75) is 0 Å². The topological polar surface area (TPSA) is 20.5 Å². The highest BCUT2D eigenvalue weighted by Gasteiger charge is 2.21. The van der Waals surface area contributed by atoms with Gasteiger partial charge in [0.25, 0.3) is 0 Å². The number of allylic oxidation sites excluding steroid dienone is 2. The smallest absolute Gasteiger partial charge is 0.148 e. The molecule has 0 saturated heterocycles. The van der Waals surface area contributed by atoms with Gasteiger partial charge < -0.3 is 9.47 Å². The van der Waals surface area contributed by atoms with Crippen LogP contribution in [-0.2, 0) is 7.05 Å². The molecule has 0 aliphatic carbocycles. The molecule has 2 aliphatic heterocycles. The zero-order chi connectivity index (χ0) is 13.5. The van der Waals surface area contributed by atoms with Gasteiger partial charge in [-0.1, -0.05) is 6.07 Å². The SMILES string of the molecule is Cn1ccc2cc(C3=CC=CN4CCSN=C34)ccc21. The van der Waals surface area contributed by atoms with Crippen LogP contribution in [0.25, 0.3) is 16.5 Å². The van der Waals surface area contributed by atoms with Crippen molar-refractivity contribution in [2.24, 2.45) is 11.4 Å². The summed E-state index contributed by atoms with van der Waals surface area (Å²) >= 11 is 1.65. The average molecular weight is 281 g/mol. The van der Waals surface area contributed by atoms with Gasteiger partial charge in [-0.05, 0) is 47.9 Å². The lowest BCUT2D eigenvalue weighted by atomic mass is 10.0. The predicted octanol–water partition coefficient (Wildman–Crippen LogP) is 3.45. The number of hydrogen-bond donors (Lipinski definition) is 0. The van der Waals surface area contributed by atoms with E-state index >= 15 is 0 Å². The maximum Gasteiger partial charge on any atom is 0.148 e. The third kappa shape index (κ3) is 1.79.